The van der Waals surface area contributed by atoms with Gasteiger partial charge < -0.3 is 28.9 Å². The van der Waals surface area contributed by atoms with Crippen LogP contribution in [0, 0.1) is 0 Å². The van der Waals surface area contributed by atoms with E-state index in [-0.39, 0.29) is 33.3 Å². The lowest BCUT2D eigenvalue weighted by atomic mass is 10.0. The van der Waals surface area contributed by atoms with Gasteiger partial charge in [0.15, 0.2) is 12.2 Å². The minimum absolute atomic E-state index is 0.0940. The molecule has 13 heteroatoms. The number of H-pyrrole nitrogens is 2. The number of amides is 1. The van der Waals surface area contributed by atoms with Gasteiger partial charge in [-0.05, 0) is 57.2 Å². The molecule has 0 unspecified atom stereocenters. The number of likely N-dealkylation sites (tertiary alicyclic amines) is 1. The fraction of sp³-hybridized carbons (Fsp3) is 0.243. The summed E-state index contributed by atoms with van der Waals surface area (Å²) in [7, 11) is 0. The number of fused-ring (bicyclic) bond motifs is 1. The molecule has 13 nitrogen and oxygen atoms in total. The molecule has 5 aromatic rings. The molecule has 4 atom stereocenters. The molecule has 1 amide bonds. The first-order chi connectivity index (χ1) is 24.0. The Morgan fingerprint density at radius 3 is 1.80 bits per heavy atom. The van der Waals surface area contributed by atoms with Gasteiger partial charge in [0.2, 0.25) is 0 Å². The van der Waals surface area contributed by atoms with Crippen molar-refractivity contribution in [2.45, 2.75) is 50.7 Å². The SMILES string of the molecule is CC(C)(C)OC(=O)N1[C@H](COC(=O)c2ccccc2)[C@@H](OC(=O)c2ccccc2)[C@@H](OC(=O)c2ccccc2)[C@@H]1c1c[nH]c2c(=O)[nH]cnc12. The first-order valence-electron chi connectivity index (χ1n) is 15.8. The zero-order valence-electron chi connectivity index (χ0n) is 27.4. The Bertz CT molecular complexity index is 2060. The Kier molecular flexibility index (Phi) is 9.48. The number of hydrogen-bond donors (Lipinski definition) is 2. The third-order valence-electron chi connectivity index (χ3n) is 7.99. The zero-order chi connectivity index (χ0) is 35.4. The second kappa shape index (κ2) is 14.1. The number of carbonyl (C=O) groups is 4. The fourth-order valence-corrected chi connectivity index (χ4v) is 5.81. The first kappa shape index (κ1) is 33.7. The van der Waals surface area contributed by atoms with Crippen molar-refractivity contribution in [3.05, 3.63) is 136 Å². The van der Waals surface area contributed by atoms with Gasteiger partial charge in [0, 0.05) is 11.8 Å². The van der Waals surface area contributed by atoms with Crippen LogP contribution in [0.2, 0.25) is 0 Å². The van der Waals surface area contributed by atoms with E-state index in [0.717, 1.165) is 0 Å². The molecule has 0 spiro atoms. The van der Waals surface area contributed by atoms with Crippen molar-refractivity contribution >= 4 is 35.0 Å². The van der Waals surface area contributed by atoms with E-state index < -0.39 is 66.1 Å². The maximum atomic E-state index is 14.3. The molecule has 2 aromatic heterocycles. The predicted molar refractivity (Wildman–Crippen MR) is 179 cm³/mol. The number of nitrogens with zero attached hydrogens (tertiary/aromatic N) is 2. The van der Waals surface area contributed by atoms with Crippen LogP contribution >= 0.6 is 0 Å². The van der Waals surface area contributed by atoms with E-state index in [1.807, 2.05) is 0 Å². The molecule has 0 bridgehead atoms. The maximum absolute atomic E-state index is 14.3. The fourth-order valence-electron chi connectivity index (χ4n) is 5.81. The van der Waals surface area contributed by atoms with Crippen molar-refractivity contribution < 1.29 is 38.1 Å². The van der Waals surface area contributed by atoms with E-state index >= 15 is 0 Å². The Morgan fingerprint density at radius 1 is 0.740 bits per heavy atom. The van der Waals surface area contributed by atoms with Gasteiger partial charge in [-0.2, -0.15) is 0 Å². The van der Waals surface area contributed by atoms with Gasteiger partial charge in [0.05, 0.1) is 23.0 Å². The second-order valence-electron chi connectivity index (χ2n) is 12.5. The predicted octanol–water partition coefficient (Wildman–Crippen LogP) is 5.22. The van der Waals surface area contributed by atoms with Crippen molar-refractivity contribution in [3.63, 3.8) is 0 Å². The topological polar surface area (TPSA) is 170 Å². The monoisotopic (exact) mass is 678 g/mol. The van der Waals surface area contributed by atoms with Crippen LogP contribution in [0.3, 0.4) is 0 Å². The molecule has 1 saturated heterocycles. The van der Waals surface area contributed by atoms with Gasteiger partial charge in [-0.15, -0.1) is 0 Å². The van der Waals surface area contributed by atoms with Crippen LogP contribution in [0.5, 0.6) is 0 Å². The number of aromatic nitrogens is 3. The van der Waals surface area contributed by atoms with E-state index in [0.29, 0.717) is 0 Å². The summed E-state index contributed by atoms with van der Waals surface area (Å²) in [5.41, 5.74) is -0.335. The van der Waals surface area contributed by atoms with Crippen LogP contribution in [0.4, 0.5) is 4.79 Å². The smallest absolute Gasteiger partial charge is 0.411 e. The highest BCUT2D eigenvalue weighted by atomic mass is 16.6. The quantitative estimate of drug-likeness (QED) is 0.164. The lowest BCUT2D eigenvalue weighted by Gasteiger charge is -2.32. The summed E-state index contributed by atoms with van der Waals surface area (Å²) in [5, 5.41) is 0. The average Bonchev–Trinajstić information content (AvgIpc) is 3.67. The van der Waals surface area contributed by atoms with Crippen LogP contribution in [0.15, 0.2) is 108 Å². The molecule has 3 aromatic carbocycles. The minimum atomic E-state index is -1.41. The molecule has 0 aliphatic carbocycles. The van der Waals surface area contributed by atoms with Crippen molar-refractivity contribution in [3.8, 4) is 0 Å². The Morgan fingerprint density at radius 2 is 1.26 bits per heavy atom. The van der Waals surface area contributed by atoms with E-state index in [4.69, 9.17) is 18.9 Å². The van der Waals surface area contributed by atoms with E-state index in [1.165, 1.54) is 17.4 Å². The standard InChI is InChI=1S/C37H34N4O9/c1-37(2,3)50-36(46)41-26(20-47-33(43)22-13-7-4-8-14-22)30(48-34(44)23-15-9-5-10-16-23)31(49-35(45)24-17-11-6-12-18-24)29(41)25-19-38-28-27(25)39-21-40-32(28)42/h4-19,21,26,29-31,38H,20H2,1-3H3,(H,39,40,42)/t26-,29+,30-,31+/m1/s1. The van der Waals surface area contributed by atoms with Gasteiger partial charge in [0.1, 0.15) is 35.3 Å². The minimum Gasteiger partial charge on any atom is -0.460 e. The van der Waals surface area contributed by atoms with Crippen LogP contribution in [0.25, 0.3) is 11.0 Å². The van der Waals surface area contributed by atoms with Crippen molar-refractivity contribution in [2.24, 2.45) is 0 Å². The summed E-state index contributed by atoms with van der Waals surface area (Å²) in [6.07, 6.45) is -1.05. The van der Waals surface area contributed by atoms with Crippen LogP contribution in [-0.4, -0.2) is 74.3 Å². The van der Waals surface area contributed by atoms with Gasteiger partial charge in [-0.1, -0.05) is 54.6 Å². The van der Waals surface area contributed by atoms with E-state index in [2.05, 4.69) is 15.0 Å². The molecule has 2 N–H and O–H groups in total. The number of esters is 3. The molecule has 1 aliphatic rings. The first-order valence-corrected chi connectivity index (χ1v) is 15.8. The average molecular weight is 679 g/mol. The summed E-state index contributed by atoms with van der Waals surface area (Å²) in [6, 6.07) is 22.0. The normalized spacial score (nSPS) is 18.7. The molecule has 50 heavy (non-hydrogen) atoms. The molecule has 0 radical (unpaired) electrons. The zero-order valence-corrected chi connectivity index (χ0v) is 27.4. The number of benzene rings is 3. The lowest BCUT2D eigenvalue weighted by Crippen LogP contribution is -2.47. The molecule has 0 saturated carbocycles. The number of aromatic amines is 2. The molecule has 256 valence electrons. The van der Waals surface area contributed by atoms with Crippen molar-refractivity contribution in [1.29, 1.82) is 0 Å². The molecule has 1 fully saturated rings. The molecular weight excluding hydrogens is 644 g/mol. The third-order valence-corrected chi connectivity index (χ3v) is 7.99. The highest BCUT2D eigenvalue weighted by molar-refractivity contribution is 5.91. The summed E-state index contributed by atoms with van der Waals surface area (Å²) >= 11 is 0. The Hall–Kier alpha value is -6.24. The highest BCUT2D eigenvalue weighted by Gasteiger charge is 2.58. The van der Waals surface area contributed by atoms with Crippen LogP contribution < -0.4 is 5.56 Å². The summed E-state index contributed by atoms with van der Waals surface area (Å²) in [5.74, 6) is -2.27. The largest absolute Gasteiger partial charge is 0.460 e. The summed E-state index contributed by atoms with van der Waals surface area (Å²) < 4.78 is 23.9. The van der Waals surface area contributed by atoms with Gasteiger partial charge in [0.25, 0.3) is 5.56 Å². The van der Waals surface area contributed by atoms with Gasteiger partial charge in [-0.25, -0.2) is 24.2 Å². The number of rotatable bonds is 8. The molecule has 1 aliphatic heterocycles. The van der Waals surface area contributed by atoms with Crippen LogP contribution in [0.1, 0.15) is 63.5 Å². The summed E-state index contributed by atoms with van der Waals surface area (Å²) in [4.78, 5) is 78.7. The number of carbonyl (C=O) groups excluding carboxylic acids is 4. The van der Waals surface area contributed by atoms with Gasteiger partial charge >= 0.3 is 24.0 Å². The van der Waals surface area contributed by atoms with Gasteiger partial charge in [-0.3, -0.25) is 9.69 Å². The number of nitrogens with one attached hydrogen (secondary N) is 2. The molecule has 6 rings (SSSR count). The Balaban J connectivity index is 1.51. The van der Waals surface area contributed by atoms with E-state index in [1.54, 1.807) is 112 Å². The van der Waals surface area contributed by atoms with Crippen LogP contribution in [-0.2, 0) is 18.9 Å². The summed E-state index contributed by atoms with van der Waals surface area (Å²) in [6.45, 7) is 4.53. The van der Waals surface area contributed by atoms with Crippen molar-refractivity contribution in [2.75, 3.05) is 6.61 Å². The Labute approximate surface area is 286 Å². The molecular formula is C37H34N4O9. The van der Waals surface area contributed by atoms with Crippen molar-refractivity contribution in [1.82, 2.24) is 19.9 Å². The second-order valence-corrected chi connectivity index (χ2v) is 12.5. The maximum Gasteiger partial charge on any atom is 0.411 e. The highest BCUT2D eigenvalue weighted by Crippen LogP contribution is 2.43. The third kappa shape index (κ3) is 7.11. The number of ether oxygens (including phenoxy) is 4. The number of hydrogen-bond acceptors (Lipinski definition) is 10. The van der Waals surface area contributed by atoms with E-state index in [9.17, 15) is 24.0 Å². The lowest BCUT2D eigenvalue weighted by molar-refractivity contribution is -0.0373. The molecule has 3 heterocycles.